The van der Waals surface area contributed by atoms with Crippen molar-refractivity contribution in [3.8, 4) is 0 Å². The molecule has 1 aliphatic heterocycles. The molecule has 3 radical (unpaired) electrons. The number of benzene rings is 1. The molecule has 1 N–H and O–H groups in total. The Morgan fingerprint density at radius 1 is 1.35 bits per heavy atom. The van der Waals surface area contributed by atoms with E-state index in [2.05, 4.69) is 61.3 Å². The van der Waals surface area contributed by atoms with Gasteiger partial charge >= 0.3 is 23.1 Å². The maximum Gasteiger partial charge on any atom is 2.00 e. The van der Waals surface area contributed by atoms with Gasteiger partial charge in [-0.1, -0.05) is 18.2 Å². The van der Waals surface area contributed by atoms with Gasteiger partial charge in [0.1, 0.15) is 0 Å². The largest absolute Gasteiger partial charge is 2.00 e. The van der Waals surface area contributed by atoms with Crippen LogP contribution in [0.1, 0.15) is 27.8 Å². The molecule has 0 spiro atoms. The van der Waals surface area contributed by atoms with Crippen molar-refractivity contribution in [3.05, 3.63) is 41.6 Å². The number of nitrogens with zero attached hydrogens (tertiary/aromatic N) is 2. The molecule has 1 aromatic heterocycles. The van der Waals surface area contributed by atoms with E-state index in [-0.39, 0.29) is 55.1 Å². The summed E-state index contributed by atoms with van der Waals surface area (Å²) >= 11 is 0. The van der Waals surface area contributed by atoms with E-state index in [1.165, 1.54) is 27.6 Å². The van der Waals surface area contributed by atoms with Gasteiger partial charge in [0.2, 0.25) is 5.91 Å². The zero-order valence-electron chi connectivity index (χ0n) is 18.0. The number of hydrogen-bond acceptors (Lipinski definition) is 2. The van der Waals surface area contributed by atoms with Gasteiger partial charge in [-0.3, -0.25) is 9.69 Å². The van der Waals surface area contributed by atoms with Crippen LogP contribution in [0.25, 0.3) is 16.5 Å². The molecule has 4 rings (SSSR count). The summed E-state index contributed by atoms with van der Waals surface area (Å²) in [7, 11) is 2.15. The van der Waals surface area contributed by atoms with Crippen molar-refractivity contribution in [3.63, 3.8) is 0 Å². The van der Waals surface area contributed by atoms with Crippen molar-refractivity contribution in [2.45, 2.75) is 26.3 Å². The molecule has 6 heteroatoms. The Kier molecular flexibility index (Phi) is 7.03. The van der Waals surface area contributed by atoms with Crippen molar-refractivity contribution in [2.75, 3.05) is 26.7 Å². The molecule has 26 heavy (non-hydrogen) atoms. The number of aromatic nitrogens is 1. The van der Waals surface area contributed by atoms with Crippen molar-refractivity contribution >= 4 is 62.8 Å². The fourth-order valence-corrected chi connectivity index (χ4v) is 4.38. The van der Waals surface area contributed by atoms with Gasteiger partial charge in [0, 0.05) is 60.1 Å². The first-order valence-corrected chi connectivity index (χ1v) is 8.94. The number of likely N-dealkylation sites (N-methyl/N-ethyl adjacent to an activating group) is 1. The zero-order chi connectivity index (χ0) is 16.8. The fourth-order valence-electron chi connectivity index (χ4n) is 4.38. The van der Waals surface area contributed by atoms with Crippen LogP contribution >= 0.6 is 0 Å². The standard InChI is InChI=1S/C20H25N3O.Al.Mg.2H/c1-4-23(5-2)20(24)14-9-16-15-7-6-8-17-19(15)13(11-21-17)10-18(16)22(3)12-14;;;;/h6-9,11,14,18,21H,4-5,10,12H2,1-3H3;;;;/q;;+2;2*-1/t14-,18-;;;;/m1..../s1. The van der Waals surface area contributed by atoms with Gasteiger partial charge in [0.05, 0.1) is 5.92 Å². The Hall–Kier alpha value is -0.771. The first kappa shape index (κ1) is 21.5. The maximum absolute atomic E-state index is 12.9. The van der Waals surface area contributed by atoms with E-state index in [0.717, 1.165) is 26.1 Å². The maximum atomic E-state index is 12.9. The summed E-state index contributed by atoms with van der Waals surface area (Å²) < 4.78 is 0. The topological polar surface area (TPSA) is 39.3 Å². The molecule has 4 nitrogen and oxygen atoms in total. The molecule has 2 atom stereocenters. The van der Waals surface area contributed by atoms with Crippen LogP contribution < -0.4 is 0 Å². The van der Waals surface area contributed by atoms with E-state index in [1.54, 1.807) is 0 Å². The average molecular weight is 377 g/mol. The quantitative estimate of drug-likeness (QED) is 0.835. The molecular formula is C20H27AlMgN3O. The number of fused-ring (bicyclic) bond motifs is 2. The van der Waals surface area contributed by atoms with Gasteiger partial charge in [-0.2, -0.15) is 0 Å². The van der Waals surface area contributed by atoms with Crippen LogP contribution in [0.3, 0.4) is 0 Å². The molecule has 0 saturated heterocycles. The van der Waals surface area contributed by atoms with Crippen molar-refractivity contribution < 1.29 is 7.65 Å². The summed E-state index contributed by atoms with van der Waals surface area (Å²) in [6, 6.07) is 6.82. The summed E-state index contributed by atoms with van der Waals surface area (Å²) in [6.45, 7) is 6.47. The summed E-state index contributed by atoms with van der Waals surface area (Å²) in [6.07, 6.45) is 5.41. The SMILES string of the molecule is CCN(CC)C(=O)[C@@H]1C=C2c3cccc4[nH]cc(c34)C[C@H]2N(C)C1.[Al].[H-].[H-].[Mg+2]. The second-order valence-electron chi connectivity index (χ2n) is 6.94. The third-order valence-corrected chi connectivity index (χ3v) is 5.66. The van der Waals surface area contributed by atoms with Crippen molar-refractivity contribution in [1.29, 1.82) is 0 Å². The van der Waals surface area contributed by atoms with Gasteiger partial charge in [-0.15, -0.1) is 0 Å². The number of nitrogens with one attached hydrogen (secondary N) is 1. The minimum atomic E-state index is -0.0445. The Bertz CT molecular complexity index is 838. The molecule has 2 aliphatic rings. The summed E-state index contributed by atoms with van der Waals surface area (Å²) in [5, 5.41) is 1.34. The molecule has 1 aromatic carbocycles. The van der Waals surface area contributed by atoms with Crippen LogP contribution in [-0.4, -0.2) is 93.8 Å². The van der Waals surface area contributed by atoms with E-state index >= 15 is 0 Å². The normalized spacial score (nSPS) is 21.3. The van der Waals surface area contributed by atoms with Crippen molar-refractivity contribution in [1.82, 2.24) is 14.8 Å². The van der Waals surface area contributed by atoms with E-state index in [0.29, 0.717) is 6.04 Å². The Morgan fingerprint density at radius 3 is 2.77 bits per heavy atom. The van der Waals surface area contributed by atoms with Gasteiger partial charge < -0.3 is 12.7 Å². The van der Waals surface area contributed by atoms with Gasteiger partial charge in [-0.05, 0) is 50.1 Å². The second-order valence-corrected chi connectivity index (χ2v) is 6.94. The number of carbonyl (C=O) groups excluding carboxylic acids is 1. The van der Waals surface area contributed by atoms with Gasteiger partial charge in [-0.25, -0.2) is 0 Å². The fraction of sp³-hybridized carbons (Fsp3) is 0.450. The molecule has 1 amide bonds. The zero-order valence-corrected chi connectivity index (χ0v) is 18.5. The minimum Gasteiger partial charge on any atom is -1.00 e. The van der Waals surface area contributed by atoms with E-state index < -0.39 is 0 Å². The van der Waals surface area contributed by atoms with Crippen LogP contribution in [0.2, 0.25) is 0 Å². The molecular weight excluding hydrogens is 350 g/mol. The number of H-pyrrole nitrogens is 1. The monoisotopic (exact) mass is 376 g/mol. The van der Waals surface area contributed by atoms with Crippen LogP contribution in [-0.2, 0) is 11.2 Å². The molecule has 2 aromatic rings. The molecule has 0 saturated carbocycles. The smallest absolute Gasteiger partial charge is 1.00 e. The second kappa shape index (κ2) is 8.50. The third-order valence-electron chi connectivity index (χ3n) is 5.66. The molecule has 2 heterocycles. The third kappa shape index (κ3) is 3.39. The Balaban J connectivity index is 0.00000182. The van der Waals surface area contributed by atoms with Gasteiger partial charge in [0.15, 0.2) is 0 Å². The number of carbonyl (C=O) groups is 1. The first-order chi connectivity index (χ1) is 11.6. The number of aromatic amines is 1. The molecule has 0 fully saturated rings. The summed E-state index contributed by atoms with van der Waals surface area (Å²) in [5.74, 6) is 0.210. The molecule has 0 bridgehead atoms. The number of rotatable bonds is 3. The molecule has 1 aliphatic carbocycles. The summed E-state index contributed by atoms with van der Waals surface area (Å²) in [5.41, 5.74) is 5.21. The van der Waals surface area contributed by atoms with Crippen molar-refractivity contribution in [2.24, 2.45) is 5.92 Å². The van der Waals surface area contributed by atoms with Crippen LogP contribution in [0.4, 0.5) is 0 Å². The predicted molar refractivity (Wildman–Crippen MR) is 112 cm³/mol. The van der Waals surface area contributed by atoms with E-state index in [4.69, 9.17) is 0 Å². The van der Waals surface area contributed by atoms with Crippen LogP contribution in [0.15, 0.2) is 30.5 Å². The van der Waals surface area contributed by atoms with E-state index in [1.807, 2.05) is 4.90 Å². The molecule has 0 unspecified atom stereocenters. The number of hydrogen-bond donors (Lipinski definition) is 1. The molecule has 133 valence electrons. The Morgan fingerprint density at radius 2 is 2.08 bits per heavy atom. The van der Waals surface area contributed by atoms with E-state index in [9.17, 15) is 4.79 Å². The predicted octanol–water partition coefficient (Wildman–Crippen LogP) is 2.37. The first-order valence-electron chi connectivity index (χ1n) is 8.94. The van der Waals surface area contributed by atoms with Gasteiger partial charge in [0.25, 0.3) is 0 Å². The average Bonchev–Trinajstić information content (AvgIpc) is 3.01. The van der Waals surface area contributed by atoms with Crippen LogP contribution in [0.5, 0.6) is 0 Å². The number of amides is 1. The van der Waals surface area contributed by atoms with Crippen LogP contribution in [0, 0.1) is 5.92 Å². The summed E-state index contributed by atoms with van der Waals surface area (Å²) in [4.78, 5) is 20.6. The Labute approximate surface area is 185 Å². The minimum absolute atomic E-state index is 0.